The minimum Gasteiger partial charge on any atom is -0.507 e. The zero-order valence-corrected chi connectivity index (χ0v) is 18.5. The highest BCUT2D eigenvalue weighted by molar-refractivity contribution is 6.31. The van der Waals surface area contributed by atoms with E-state index < -0.39 is 30.2 Å². The number of nitrogens with one attached hydrogen (secondary N) is 1. The van der Waals surface area contributed by atoms with Crippen molar-refractivity contribution in [1.82, 2.24) is 9.97 Å². The van der Waals surface area contributed by atoms with Gasteiger partial charge in [-0.1, -0.05) is 24.6 Å². The first-order valence-corrected chi connectivity index (χ1v) is 10.7. The molecule has 4 rings (SSSR count). The van der Waals surface area contributed by atoms with Crippen LogP contribution >= 0.6 is 11.6 Å². The smallest absolute Gasteiger partial charge is 0.419 e. The Bertz CT molecular complexity index is 1200. The van der Waals surface area contributed by atoms with Gasteiger partial charge in [-0.15, -0.1) is 0 Å². The summed E-state index contributed by atoms with van der Waals surface area (Å²) in [6.45, 7) is 5.06. The average Bonchev–Trinajstić information content (AvgIpc) is 2.72. The number of phenolic OH excluding ortho intramolecular Hbond substituents is 1. The molecule has 170 valence electrons. The van der Waals surface area contributed by atoms with Crippen molar-refractivity contribution in [1.29, 1.82) is 0 Å². The Hall–Kier alpha value is -2.58. The second kappa shape index (κ2) is 7.78. The third-order valence-electron chi connectivity index (χ3n) is 6.35. The molecule has 0 aliphatic heterocycles. The van der Waals surface area contributed by atoms with Gasteiger partial charge in [-0.25, -0.2) is 9.97 Å². The van der Waals surface area contributed by atoms with E-state index in [4.69, 9.17) is 11.6 Å². The third kappa shape index (κ3) is 3.46. The summed E-state index contributed by atoms with van der Waals surface area (Å²) in [7, 11) is 0. The second-order valence-electron chi connectivity index (χ2n) is 8.30. The van der Waals surface area contributed by atoms with E-state index in [9.17, 15) is 23.4 Å². The highest BCUT2D eigenvalue weighted by atomic mass is 35.5. The molecule has 3 aromatic rings. The van der Waals surface area contributed by atoms with Crippen molar-refractivity contribution in [2.45, 2.75) is 57.3 Å². The Balaban J connectivity index is 1.96. The van der Waals surface area contributed by atoms with Crippen molar-refractivity contribution in [3.8, 4) is 5.75 Å². The molecule has 0 amide bonds. The first-order chi connectivity index (χ1) is 15.0. The van der Waals surface area contributed by atoms with Gasteiger partial charge in [0.25, 0.3) is 0 Å². The quantitative estimate of drug-likeness (QED) is 0.445. The second-order valence-corrected chi connectivity index (χ2v) is 8.71. The van der Waals surface area contributed by atoms with Crippen LogP contribution in [-0.4, -0.2) is 32.0 Å². The minimum atomic E-state index is -4.93. The minimum absolute atomic E-state index is 0.126. The molecule has 3 atom stereocenters. The number of aromatic nitrogens is 2. The number of aromatic hydroxyl groups is 1. The van der Waals surface area contributed by atoms with Gasteiger partial charge >= 0.3 is 6.18 Å². The van der Waals surface area contributed by atoms with Crippen molar-refractivity contribution >= 4 is 28.2 Å². The van der Waals surface area contributed by atoms with E-state index in [2.05, 4.69) is 15.3 Å². The first kappa shape index (κ1) is 22.6. The fraction of sp³-hybridized carbons (Fsp3) is 0.391. The number of phenols is 1. The number of hydrogen-bond acceptors (Lipinski definition) is 5. The summed E-state index contributed by atoms with van der Waals surface area (Å²) >= 11 is 6.26. The zero-order chi connectivity index (χ0) is 23.4. The van der Waals surface area contributed by atoms with Crippen molar-refractivity contribution in [2.75, 3.05) is 5.32 Å². The molecule has 1 aromatic heterocycles. The Morgan fingerprint density at radius 2 is 2.00 bits per heavy atom. The van der Waals surface area contributed by atoms with Crippen LogP contribution < -0.4 is 5.32 Å². The lowest BCUT2D eigenvalue weighted by molar-refractivity contribution is -0.272. The molecule has 0 fully saturated rings. The first-order valence-electron chi connectivity index (χ1n) is 10.3. The fourth-order valence-corrected chi connectivity index (χ4v) is 4.76. The van der Waals surface area contributed by atoms with Crippen LogP contribution in [0.4, 0.5) is 18.9 Å². The van der Waals surface area contributed by atoms with Crippen molar-refractivity contribution in [2.24, 2.45) is 0 Å². The van der Waals surface area contributed by atoms with Gasteiger partial charge in [-0.2, -0.15) is 13.2 Å². The number of aryl methyl sites for hydroxylation is 1. The summed E-state index contributed by atoms with van der Waals surface area (Å²) in [5.74, 6) is -0.293. The standard InChI is InChI=1S/C23H23ClF3N3O2/c1-4-13-9-22(32,23(25,26)27)21(14-8-16(24)11(2)20(31)19(13)14)30-18-7-5-6-17-15(18)10-28-12(3)29-17/h5-8,10,13,21,30-32H,4,9H2,1-3H3/t13-,21+,22-/m1/s1. The van der Waals surface area contributed by atoms with Gasteiger partial charge in [0.15, 0.2) is 5.60 Å². The van der Waals surface area contributed by atoms with Crippen LogP contribution in [0.5, 0.6) is 5.75 Å². The summed E-state index contributed by atoms with van der Waals surface area (Å²) in [5.41, 5.74) is -1.28. The number of halogens is 4. The van der Waals surface area contributed by atoms with E-state index in [-0.39, 0.29) is 16.3 Å². The monoisotopic (exact) mass is 465 g/mol. The summed E-state index contributed by atoms with van der Waals surface area (Å²) in [5, 5.41) is 25.4. The van der Waals surface area contributed by atoms with Crippen LogP contribution in [0.1, 0.15) is 54.2 Å². The van der Waals surface area contributed by atoms with Gasteiger partial charge in [0.2, 0.25) is 0 Å². The van der Waals surface area contributed by atoms with Gasteiger partial charge in [0.1, 0.15) is 11.6 Å². The molecule has 1 aliphatic rings. The lowest BCUT2D eigenvalue weighted by Crippen LogP contribution is -2.55. The van der Waals surface area contributed by atoms with Gasteiger partial charge in [0, 0.05) is 33.4 Å². The molecule has 0 spiro atoms. The van der Waals surface area contributed by atoms with Crippen LogP contribution in [0, 0.1) is 13.8 Å². The summed E-state index contributed by atoms with van der Waals surface area (Å²) in [6, 6.07) is 4.82. The van der Waals surface area contributed by atoms with Gasteiger partial charge < -0.3 is 15.5 Å². The molecule has 0 saturated heterocycles. The Kier molecular flexibility index (Phi) is 5.49. The topological polar surface area (TPSA) is 78.3 Å². The Morgan fingerprint density at radius 3 is 2.66 bits per heavy atom. The number of alkyl halides is 3. The maximum absolute atomic E-state index is 14.3. The maximum atomic E-state index is 14.3. The summed E-state index contributed by atoms with van der Waals surface area (Å²) in [4.78, 5) is 8.49. The predicted molar refractivity (Wildman–Crippen MR) is 117 cm³/mol. The van der Waals surface area contributed by atoms with Crippen LogP contribution in [0.15, 0.2) is 30.5 Å². The molecule has 2 aromatic carbocycles. The van der Waals surface area contributed by atoms with Crippen LogP contribution in [0.25, 0.3) is 10.9 Å². The van der Waals surface area contributed by atoms with E-state index in [1.165, 1.54) is 12.3 Å². The molecule has 1 heterocycles. The van der Waals surface area contributed by atoms with Crippen molar-refractivity contribution in [3.05, 3.63) is 58.0 Å². The molecule has 9 heteroatoms. The number of nitrogens with zero attached hydrogens (tertiary/aromatic N) is 2. The maximum Gasteiger partial charge on any atom is 0.419 e. The number of fused-ring (bicyclic) bond motifs is 2. The molecule has 5 nitrogen and oxygen atoms in total. The lowest BCUT2D eigenvalue weighted by Gasteiger charge is -2.46. The number of benzene rings is 2. The summed E-state index contributed by atoms with van der Waals surface area (Å²) < 4.78 is 43.0. The van der Waals surface area contributed by atoms with E-state index >= 15 is 0 Å². The number of hydrogen-bond donors (Lipinski definition) is 3. The lowest BCUT2D eigenvalue weighted by atomic mass is 9.68. The SMILES string of the molecule is CC[C@@H]1C[C@](O)(C(F)(F)F)[C@@H](Nc2cccc3nc(C)ncc23)c2cc(Cl)c(C)c(O)c21. The van der Waals surface area contributed by atoms with Crippen molar-refractivity contribution < 1.29 is 23.4 Å². The number of rotatable bonds is 3. The van der Waals surface area contributed by atoms with Gasteiger partial charge in [0.05, 0.1) is 11.6 Å². The van der Waals surface area contributed by atoms with Crippen LogP contribution in [-0.2, 0) is 0 Å². The third-order valence-corrected chi connectivity index (χ3v) is 6.74. The molecule has 1 aliphatic carbocycles. The van der Waals surface area contributed by atoms with E-state index in [1.54, 1.807) is 39.0 Å². The fourth-order valence-electron chi connectivity index (χ4n) is 4.55. The largest absolute Gasteiger partial charge is 0.507 e. The van der Waals surface area contributed by atoms with Crippen molar-refractivity contribution in [3.63, 3.8) is 0 Å². The number of anilines is 1. The molecule has 0 unspecified atom stereocenters. The van der Waals surface area contributed by atoms with E-state index in [0.29, 0.717) is 40.0 Å². The average molecular weight is 466 g/mol. The molecule has 0 bridgehead atoms. The van der Waals surface area contributed by atoms with Crippen LogP contribution in [0.3, 0.4) is 0 Å². The molecular weight excluding hydrogens is 443 g/mol. The van der Waals surface area contributed by atoms with E-state index in [0.717, 1.165) is 0 Å². The van der Waals surface area contributed by atoms with Gasteiger partial charge in [-0.3, -0.25) is 0 Å². The highest BCUT2D eigenvalue weighted by Crippen LogP contribution is 2.56. The predicted octanol–water partition coefficient (Wildman–Crippen LogP) is 5.95. The Labute approximate surface area is 188 Å². The summed E-state index contributed by atoms with van der Waals surface area (Å²) in [6.07, 6.45) is -3.67. The molecule has 0 radical (unpaired) electrons. The zero-order valence-electron chi connectivity index (χ0n) is 17.8. The molecule has 0 saturated carbocycles. The number of aliphatic hydroxyl groups is 1. The molecule has 32 heavy (non-hydrogen) atoms. The van der Waals surface area contributed by atoms with Gasteiger partial charge in [-0.05, 0) is 56.4 Å². The normalized spacial score (nSPS) is 23.2. The molecular formula is C23H23ClF3N3O2. The Morgan fingerprint density at radius 1 is 1.28 bits per heavy atom. The highest BCUT2D eigenvalue weighted by Gasteiger charge is 2.62. The molecule has 3 N–H and O–H groups in total. The van der Waals surface area contributed by atoms with Crippen LogP contribution in [0.2, 0.25) is 5.02 Å². The van der Waals surface area contributed by atoms with E-state index in [1.807, 2.05) is 0 Å².